The van der Waals surface area contributed by atoms with Gasteiger partial charge < -0.3 is 19.5 Å². The van der Waals surface area contributed by atoms with Crippen molar-refractivity contribution in [3.63, 3.8) is 0 Å². The van der Waals surface area contributed by atoms with E-state index in [9.17, 15) is 19.2 Å². The average molecular weight is 564 g/mol. The summed E-state index contributed by atoms with van der Waals surface area (Å²) in [6.45, 7) is 11.1. The summed E-state index contributed by atoms with van der Waals surface area (Å²) in [5, 5.41) is 3.13. The lowest BCUT2D eigenvalue weighted by Crippen LogP contribution is -2.62. The fourth-order valence-electron chi connectivity index (χ4n) is 6.70. The Bertz CT molecular complexity index is 1220. The number of rotatable bonds is 4. The first-order valence-electron chi connectivity index (χ1n) is 14.5. The van der Waals surface area contributed by atoms with Gasteiger partial charge in [-0.1, -0.05) is 69.3 Å². The Labute approximate surface area is 242 Å². The van der Waals surface area contributed by atoms with Gasteiger partial charge in [-0.15, -0.1) is 0 Å². The van der Waals surface area contributed by atoms with Crippen LogP contribution >= 0.6 is 0 Å². The molecule has 41 heavy (non-hydrogen) atoms. The van der Waals surface area contributed by atoms with Gasteiger partial charge in [0.25, 0.3) is 5.91 Å². The molecular weight excluding hydrogens is 522 g/mol. The van der Waals surface area contributed by atoms with Crippen LogP contribution in [0.15, 0.2) is 66.8 Å². The minimum atomic E-state index is -1.65. The topological polar surface area (TPSA) is 108 Å². The predicted molar refractivity (Wildman–Crippen MR) is 153 cm³/mol. The van der Waals surface area contributed by atoms with Crippen molar-refractivity contribution >= 4 is 23.8 Å². The van der Waals surface area contributed by atoms with Crippen molar-refractivity contribution in [3.8, 4) is 0 Å². The van der Waals surface area contributed by atoms with Crippen molar-refractivity contribution < 1.29 is 33.4 Å². The van der Waals surface area contributed by atoms with Crippen LogP contribution in [0.4, 0.5) is 0 Å². The van der Waals surface area contributed by atoms with Gasteiger partial charge in [0.1, 0.15) is 12.2 Å². The molecule has 8 heteroatoms. The first-order chi connectivity index (χ1) is 19.5. The Morgan fingerprint density at radius 1 is 1.05 bits per heavy atom. The standard InChI is InChI=1S/C33H41NO7/c1-20-11-9-15-26(39-23(4)35)17-18-29(37)41-33-27(16-10-12-20)31(40-24(5)36)22(3)21(2)30(33)28(34-32(33)38)19-25-13-7-6-8-14-25/h6-8,10,13-14,16-18,20-21,26-28,30-31H,3,9,11-12,15,19H2,1-2,4-5H3,(H,34,38)/b16-10+,18-17+/t20-,21-,26-,27?,28+,30?,31-,33-/m1/s1. The Balaban J connectivity index is 1.82. The van der Waals surface area contributed by atoms with E-state index in [2.05, 4.69) is 18.8 Å². The van der Waals surface area contributed by atoms with Gasteiger partial charge in [0, 0.05) is 31.9 Å². The van der Waals surface area contributed by atoms with E-state index in [-0.39, 0.29) is 12.0 Å². The first-order valence-corrected chi connectivity index (χ1v) is 14.5. The molecule has 1 N–H and O–H groups in total. The van der Waals surface area contributed by atoms with Crippen molar-refractivity contribution in [1.29, 1.82) is 0 Å². The number of amides is 1. The molecule has 2 aliphatic heterocycles. The predicted octanol–water partition coefficient (Wildman–Crippen LogP) is 4.63. The molecule has 0 aromatic heterocycles. The Hall–Kier alpha value is -3.68. The molecule has 1 spiro atoms. The summed E-state index contributed by atoms with van der Waals surface area (Å²) in [5.41, 5.74) is 0.0651. The highest BCUT2D eigenvalue weighted by Gasteiger charge is 2.68. The molecule has 1 aliphatic carbocycles. The molecular formula is C33H41NO7. The Morgan fingerprint density at radius 3 is 2.44 bits per heavy atom. The number of hydrogen-bond donors (Lipinski definition) is 1. The van der Waals surface area contributed by atoms with E-state index >= 15 is 0 Å². The smallest absolute Gasteiger partial charge is 0.331 e. The maximum absolute atomic E-state index is 14.1. The Kier molecular flexibility index (Phi) is 9.51. The quantitative estimate of drug-likeness (QED) is 0.323. The van der Waals surface area contributed by atoms with Crippen LogP contribution in [0.3, 0.4) is 0 Å². The van der Waals surface area contributed by atoms with E-state index in [0.717, 1.165) is 18.4 Å². The van der Waals surface area contributed by atoms with E-state index in [4.69, 9.17) is 14.2 Å². The number of allylic oxidation sites excluding steroid dienone is 1. The molecule has 8 nitrogen and oxygen atoms in total. The average Bonchev–Trinajstić information content (AvgIpc) is 3.17. The zero-order valence-corrected chi connectivity index (χ0v) is 24.3. The highest BCUT2D eigenvalue weighted by molar-refractivity contribution is 5.94. The number of benzene rings is 1. The molecule has 4 rings (SSSR count). The number of esters is 3. The van der Waals surface area contributed by atoms with Gasteiger partial charge in [-0.05, 0) is 54.7 Å². The second-order valence-corrected chi connectivity index (χ2v) is 11.6. The van der Waals surface area contributed by atoms with E-state index in [1.165, 1.54) is 26.0 Å². The molecule has 1 saturated carbocycles. The molecule has 2 fully saturated rings. The third-order valence-electron chi connectivity index (χ3n) is 8.60. The molecule has 1 saturated heterocycles. The van der Waals surface area contributed by atoms with Gasteiger partial charge in [0.15, 0.2) is 0 Å². The number of carbonyl (C=O) groups is 4. The van der Waals surface area contributed by atoms with Crippen LogP contribution < -0.4 is 5.32 Å². The van der Waals surface area contributed by atoms with Crippen LogP contribution in [0.1, 0.15) is 58.9 Å². The molecule has 2 heterocycles. The van der Waals surface area contributed by atoms with Crippen molar-refractivity contribution in [1.82, 2.24) is 5.32 Å². The largest absolute Gasteiger partial charge is 0.458 e. The van der Waals surface area contributed by atoms with Crippen LogP contribution in [0.2, 0.25) is 0 Å². The van der Waals surface area contributed by atoms with E-state index < -0.39 is 53.5 Å². The molecule has 0 bridgehead atoms. The summed E-state index contributed by atoms with van der Waals surface area (Å²) in [6, 6.07) is 9.47. The first kappa shape index (κ1) is 30.3. The molecule has 0 radical (unpaired) electrons. The van der Waals surface area contributed by atoms with E-state index in [1.807, 2.05) is 49.4 Å². The van der Waals surface area contributed by atoms with Gasteiger partial charge in [0.05, 0.1) is 5.92 Å². The molecule has 3 aliphatic rings. The van der Waals surface area contributed by atoms with Gasteiger partial charge in [-0.2, -0.15) is 0 Å². The third-order valence-corrected chi connectivity index (χ3v) is 8.60. The zero-order valence-electron chi connectivity index (χ0n) is 24.3. The molecule has 1 amide bonds. The van der Waals surface area contributed by atoms with E-state index in [0.29, 0.717) is 30.8 Å². The summed E-state index contributed by atoms with van der Waals surface area (Å²) in [5.74, 6) is -3.36. The zero-order chi connectivity index (χ0) is 29.7. The lowest BCUT2D eigenvalue weighted by Gasteiger charge is -2.49. The summed E-state index contributed by atoms with van der Waals surface area (Å²) in [4.78, 5) is 51.6. The summed E-state index contributed by atoms with van der Waals surface area (Å²) >= 11 is 0. The molecule has 220 valence electrons. The second kappa shape index (κ2) is 12.9. The molecule has 1 aromatic carbocycles. The number of hydrogen-bond acceptors (Lipinski definition) is 7. The van der Waals surface area contributed by atoms with Crippen LogP contribution in [-0.2, 0) is 39.8 Å². The van der Waals surface area contributed by atoms with Crippen molar-refractivity contribution in [3.05, 3.63) is 72.4 Å². The minimum Gasteiger partial charge on any atom is -0.458 e. The maximum atomic E-state index is 14.1. The Morgan fingerprint density at radius 2 is 1.76 bits per heavy atom. The SMILES string of the molecule is C=C1[C@@H](C)C2[C@H](Cc3ccccc3)NC(=O)[C@]23OC(=O)/C=C/[C@H](OC(C)=O)CCC[C@@H](C)C/C=C/C3[C@@H]1OC(C)=O. The van der Waals surface area contributed by atoms with Crippen molar-refractivity contribution in [2.75, 3.05) is 0 Å². The van der Waals surface area contributed by atoms with Gasteiger partial charge >= 0.3 is 17.9 Å². The van der Waals surface area contributed by atoms with E-state index in [1.54, 1.807) is 0 Å². The van der Waals surface area contributed by atoms with Crippen LogP contribution in [0.5, 0.6) is 0 Å². The monoisotopic (exact) mass is 563 g/mol. The van der Waals surface area contributed by atoms with Crippen molar-refractivity contribution in [2.45, 2.75) is 83.6 Å². The lowest BCUT2D eigenvalue weighted by molar-refractivity contribution is -0.187. The van der Waals surface area contributed by atoms with Crippen LogP contribution in [0.25, 0.3) is 0 Å². The fourth-order valence-corrected chi connectivity index (χ4v) is 6.70. The summed E-state index contributed by atoms with van der Waals surface area (Å²) in [7, 11) is 0. The third kappa shape index (κ3) is 6.63. The molecule has 2 unspecified atom stereocenters. The maximum Gasteiger partial charge on any atom is 0.331 e. The van der Waals surface area contributed by atoms with Gasteiger partial charge in [-0.3, -0.25) is 14.4 Å². The highest BCUT2D eigenvalue weighted by atomic mass is 16.6. The van der Waals surface area contributed by atoms with Crippen LogP contribution in [-0.4, -0.2) is 47.7 Å². The number of ether oxygens (including phenoxy) is 3. The summed E-state index contributed by atoms with van der Waals surface area (Å²) in [6.07, 6.45) is 8.69. The normalized spacial score (nSPS) is 35.5. The number of carbonyl (C=O) groups excluding carboxylic acids is 4. The molecule has 1 aromatic rings. The summed E-state index contributed by atoms with van der Waals surface area (Å²) < 4.78 is 17.5. The van der Waals surface area contributed by atoms with Crippen LogP contribution in [0, 0.1) is 23.7 Å². The van der Waals surface area contributed by atoms with Crippen molar-refractivity contribution in [2.24, 2.45) is 23.7 Å². The fraction of sp³-hybridized carbons (Fsp3) is 0.515. The lowest BCUT2D eigenvalue weighted by atomic mass is 9.59. The highest BCUT2D eigenvalue weighted by Crippen LogP contribution is 2.53. The minimum absolute atomic E-state index is 0.312. The second-order valence-electron chi connectivity index (χ2n) is 11.6. The van der Waals surface area contributed by atoms with Gasteiger partial charge in [0.2, 0.25) is 5.60 Å². The number of nitrogens with one attached hydrogen (secondary N) is 1. The molecule has 8 atom stereocenters. The van der Waals surface area contributed by atoms with Gasteiger partial charge in [-0.25, -0.2) is 4.79 Å².